The van der Waals surface area contributed by atoms with Crippen LogP contribution < -0.4 is 14.9 Å². The molecule has 0 saturated carbocycles. The fourth-order valence-corrected chi connectivity index (χ4v) is 6.81. The lowest BCUT2D eigenvalue weighted by molar-refractivity contribution is 0.0982. The number of sulfonamides is 1. The minimum absolute atomic E-state index is 0.0236. The lowest BCUT2D eigenvalue weighted by atomic mass is 9.98. The van der Waals surface area contributed by atoms with Crippen LogP contribution in [-0.4, -0.2) is 43.5 Å². The smallest absolute Gasteiger partial charge is 0.321 e. The van der Waals surface area contributed by atoms with Gasteiger partial charge in [-0.25, -0.2) is 22.9 Å². The molecule has 1 aromatic heterocycles. The Hall–Kier alpha value is -4.96. The Bertz CT molecular complexity index is 1970. The van der Waals surface area contributed by atoms with Gasteiger partial charge in [-0.3, -0.25) is 9.69 Å². The molecule has 250 valence electrons. The number of amides is 3. The number of nitrogens with zero attached hydrogens (tertiary/aromatic N) is 3. The van der Waals surface area contributed by atoms with Crippen LogP contribution in [0.4, 0.5) is 10.5 Å². The number of imidazole rings is 1. The van der Waals surface area contributed by atoms with E-state index in [1.54, 1.807) is 42.3 Å². The van der Waals surface area contributed by atoms with Crippen LogP contribution >= 0.6 is 0 Å². The molecule has 0 saturated heterocycles. The van der Waals surface area contributed by atoms with Crippen molar-refractivity contribution in [3.05, 3.63) is 114 Å². The first-order chi connectivity index (χ1) is 23.3. The molecule has 5 rings (SSSR count). The summed E-state index contributed by atoms with van der Waals surface area (Å²) < 4.78 is 30.1. The third-order valence-electron chi connectivity index (χ3n) is 8.38. The Labute approximate surface area is 283 Å². The zero-order chi connectivity index (χ0) is 34.1. The molecule has 48 heavy (non-hydrogen) atoms. The van der Waals surface area contributed by atoms with Gasteiger partial charge in [0.25, 0.3) is 15.9 Å². The molecular formula is C38H43N5O4S. The number of para-hydroxylation sites is 1. The number of hydrogen-bond acceptors (Lipinski definition) is 5. The van der Waals surface area contributed by atoms with Crippen molar-refractivity contribution in [1.82, 2.24) is 19.6 Å². The van der Waals surface area contributed by atoms with E-state index in [-0.39, 0.29) is 16.5 Å². The number of unbranched alkanes of at least 4 members (excludes halogenated alkanes) is 3. The summed E-state index contributed by atoms with van der Waals surface area (Å²) in [4.78, 5) is 33.1. The van der Waals surface area contributed by atoms with Gasteiger partial charge in [-0.05, 0) is 59.9 Å². The zero-order valence-electron chi connectivity index (χ0n) is 27.8. The zero-order valence-corrected chi connectivity index (χ0v) is 28.6. The molecule has 3 amide bonds. The molecule has 0 aliphatic heterocycles. The fraction of sp³-hybridized carbons (Fsp3) is 0.289. The number of anilines is 1. The van der Waals surface area contributed by atoms with E-state index in [1.165, 1.54) is 12.1 Å². The predicted octanol–water partition coefficient (Wildman–Crippen LogP) is 7.55. The molecule has 1 heterocycles. The molecule has 2 N–H and O–H groups in total. The summed E-state index contributed by atoms with van der Waals surface area (Å²) in [6, 6.07) is 28.6. The van der Waals surface area contributed by atoms with Crippen LogP contribution in [-0.2, 0) is 23.0 Å². The lowest BCUT2D eigenvalue weighted by Gasteiger charge is -2.22. The second-order valence-electron chi connectivity index (χ2n) is 11.8. The van der Waals surface area contributed by atoms with E-state index in [0.717, 1.165) is 72.2 Å². The van der Waals surface area contributed by atoms with Gasteiger partial charge in [0.15, 0.2) is 0 Å². The van der Waals surface area contributed by atoms with Crippen molar-refractivity contribution in [3.8, 4) is 11.1 Å². The molecule has 0 aliphatic rings. The van der Waals surface area contributed by atoms with Crippen molar-refractivity contribution >= 4 is 38.7 Å². The van der Waals surface area contributed by atoms with Gasteiger partial charge in [0.05, 0.1) is 16.1 Å². The number of nitrogens with one attached hydrogen (secondary N) is 2. The first-order valence-corrected chi connectivity index (χ1v) is 18.0. The summed E-state index contributed by atoms with van der Waals surface area (Å²) in [5, 5.41) is 2.80. The first kappa shape index (κ1) is 34.4. The van der Waals surface area contributed by atoms with Gasteiger partial charge < -0.3 is 9.88 Å². The quantitative estimate of drug-likeness (QED) is 0.119. The van der Waals surface area contributed by atoms with Crippen molar-refractivity contribution in [2.45, 2.75) is 63.8 Å². The Morgan fingerprint density at radius 2 is 1.52 bits per heavy atom. The third-order valence-corrected chi connectivity index (χ3v) is 9.73. The molecular weight excluding hydrogens is 623 g/mol. The number of aromatic nitrogens is 2. The highest BCUT2D eigenvalue weighted by Gasteiger charge is 2.22. The molecule has 0 fully saturated rings. The number of benzene rings is 4. The number of hydrogen-bond donors (Lipinski definition) is 2. The molecule has 0 bridgehead atoms. The average molecular weight is 666 g/mol. The van der Waals surface area contributed by atoms with Gasteiger partial charge >= 0.3 is 6.03 Å². The third kappa shape index (κ3) is 7.77. The molecule has 0 aliphatic carbocycles. The van der Waals surface area contributed by atoms with Crippen LogP contribution in [0.2, 0.25) is 0 Å². The molecule has 0 atom stereocenters. The Morgan fingerprint density at radius 1 is 0.812 bits per heavy atom. The number of urea groups is 1. The second kappa shape index (κ2) is 15.8. The predicted molar refractivity (Wildman–Crippen MR) is 192 cm³/mol. The Kier molecular flexibility index (Phi) is 11.3. The maximum Gasteiger partial charge on any atom is 0.321 e. The van der Waals surface area contributed by atoms with Crippen molar-refractivity contribution < 1.29 is 18.0 Å². The standard InChI is InChI=1S/C38H43N5O4S/c1-4-6-13-26-42(38(45)39-3)33-19-14-20-34-36(33)40-35(21-7-5-2)43(34)27-28-22-24-29(25-23-28)31-17-11-12-18-32(31)37(44)41-48(46,47)30-15-9-8-10-16-30/h8-12,14-20,22-25H,4-7,13,21,26-27H2,1-3H3,(H,39,45)(H,41,44). The van der Waals surface area contributed by atoms with Crippen LogP contribution in [0.15, 0.2) is 102 Å². The van der Waals surface area contributed by atoms with E-state index in [4.69, 9.17) is 4.98 Å². The van der Waals surface area contributed by atoms with E-state index in [9.17, 15) is 18.0 Å². The number of carbonyl (C=O) groups is 2. The number of carbonyl (C=O) groups excluding carboxylic acids is 2. The first-order valence-electron chi connectivity index (χ1n) is 16.5. The molecule has 9 nitrogen and oxygen atoms in total. The summed E-state index contributed by atoms with van der Waals surface area (Å²) in [7, 11) is -2.37. The lowest BCUT2D eigenvalue weighted by Crippen LogP contribution is -2.39. The number of rotatable bonds is 14. The van der Waals surface area contributed by atoms with E-state index >= 15 is 0 Å². The maximum atomic E-state index is 13.2. The van der Waals surface area contributed by atoms with Gasteiger partial charge in [0, 0.05) is 32.1 Å². The molecule has 4 aromatic carbocycles. The van der Waals surface area contributed by atoms with Crippen LogP contribution in [0.25, 0.3) is 22.2 Å². The minimum atomic E-state index is -4.03. The van der Waals surface area contributed by atoms with Crippen molar-refractivity contribution in [1.29, 1.82) is 0 Å². The summed E-state index contributed by atoms with van der Waals surface area (Å²) in [6.45, 7) is 5.50. The van der Waals surface area contributed by atoms with Crippen molar-refractivity contribution in [2.24, 2.45) is 0 Å². The van der Waals surface area contributed by atoms with Gasteiger partial charge in [-0.2, -0.15) is 0 Å². The highest BCUT2D eigenvalue weighted by molar-refractivity contribution is 7.90. The van der Waals surface area contributed by atoms with Gasteiger partial charge in [0.2, 0.25) is 0 Å². The highest BCUT2D eigenvalue weighted by atomic mass is 32.2. The van der Waals surface area contributed by atoms with Crippen LogP contribution in [0.5, 0.6) is 0 Å². The van der Waals surface area contributed by atoms with Crippen LogP contribution in [0.1, 0.15) is 67.7 Å². The molecule has 10 heteroatoms. The van der Waals surface area contributed by atoms with E-state index in [2.05, 4.69) is 34.5 Å². The molecule has 5 aromatic rings. The Balaban J connectivity index is 1.44. The average Bonchev–Trinajstić information content (AvgIpc) is 3.46. The van der Waals surface area contributed by atoms with Gasteiger partial charge in [-0.15, -0.1) is 0 Å². The molecule has 0 radical (unpaired) electrons. The maximum absolute atomic E-state index is 13.2. The van der Waals surface area contributed by atoms with Crippen LogP contribution in [0, 0.1) is 0 Å². The Morgan fingerprint density at radius 3 is 2.23 bits per heavy atom. The van der Waals surface area contributed by atoms with E-state index in [1.807, 2.05) is 48.5 Å². The van der Waals surface area contributed by atoms with Crippen LogP contribution in [0.3, 0.4) is 0 Å². The SMILES string of the molecule is CCCCCN(C(=O)NC)c1cccc2c1nc(CCCC)n2Cc1ccc(-c2ccccc2C(=O)NS(=O)(=O)c2ccccc2)cc1. The molecule has 0 unspecified atom stereocenters. The highest BCUT2D eigenvalue weighted by Crippen LogP contribution is 2.30. The summed E-state index contributed by atoms with van der Waals surface area (Å²) >= 11 is 0. The monoisotopic (exact) mass is 665 g/mol. The molecule has 0 spiro atoms. The number of fused-ring (bicyclic) bond motifs is 1. The van der Waals surface area contributed by atoms with E-state index in [0.29, 0.717) is 18.7 Å². The minimum Gasteiger partial charge on any atom is -0.341 e. The fourth-order valence-electron chi connectivity index (χ4n) is 5.83. The summed E-state index contributed by atoms with van der Waals surface area (Å²) in [5.41, 5.74) is 5.31. The van der Waals surface area contributed by atoms with E-state index < -0.39 is 15.9 Å². The topological polar surface area (TPSA) is 113 Å². The summed E-state index contributed by atoms with van der Waals surface area (Å²) in [6.07, 6.45) is 5.85. The van der Waals surface area contributed by atoms with Crippen molar-refractivity contribution in [2.75, 3.05) is 18.5 Å². The number of aryl methyl sites for hydroxylation is 1. The normalized spacial score (nSPS) is 11.4. The van der Waals surface area contributed by atoms with Gasteiger partial charge in [0.1, 0.15) is 11.3 Å². The largest absolute Gasteiger partial charge is 0.341 e. The second-order valence-corrected chi connectivity index (χ2v) is 13.4. The van der Waals surface area contributed by atoms with Gasteiger partial charge in [-0.1, -0.05) is 99.8 Å². The van der Waals surface area contributed by atoms with Crippen molar-refractivity contribution in [3.63, 3.8) is 0 Å². The summed E-state index contributed by atoms with van der Waals surface area (Å²) in [5.74, 6) is 0.274.